The van der Waals surface area contributed by atoms with Gasteiger partial charge in [0.2, 0.25) is 0 Å². The van der Waals surface area contributed by atoms with Crippen LogP contribution in [-0.4, -0.2) is 82.5 Å². The van der Waals surface area contributed by atoms with E-state index in [1.165, 1.54) is 0 Å². The van der Waals surface area contributed by atoms with Crippen molar-refractivity contribution in [1.29, 1.82) is 0 Å². The van der Waals surface area contributed by atoms with Crippen molar-refractivity contribution in [2.24, 2.45) is 5.41 Å². The molecule has 0 radical (unpaired) electrons. The number of nitrogens with zero attached hydrogens (tertiary/aromatic N) is 5. The number of hydrogen-bond acceptors (Lipinski definition) is 8. The Balaban J connectivity index is 1.63. The zero-order valence-electron chi connectivity index (χ0n) is 15.8. The molecule has 2 atom stereocenters. The zero-order chi connectivity index (χ0) is 19.0. The highest BCUT2D eigenvalue weighted by Crippen LogP contribution is 2.48. The van der Waals surface area contributed by atoms with E-state index in [1.807, 2.05) is 4.57 Å². The van der Waals surface area contributed by atoms with E-state index in [-0.39, 0.29) is 36.8 Å². The largest absolute Gasteiger partial charge is 0.396 e. The smallest absolute Gasteiger partial charge is 0.165 e. The van der Waals surface area contributed by atoms with Gasteiger partial charge >= 0.3 is 0 Å². The van der Waals surface area contributed by atoms with Gasteiger partial charge in [-0.2, -0.15) is 0 Å². The molecule has 2 aliphatic rings. The van der Waals surface area contributed by atoms with Gasteiger partial charge in [0.15, 0.2) is 17.0 Å². The topological polar surface area (TPSA) is 106 Å². The van der Waals surface area contributed by atoms with Crippen molar-refractivity contribution < 1.29 is 19.7 Å². The average Bonchev–Trinajstić information content (AvgIpc) is 3.26. The van der Waals surface area contributed by atoms with Crippen LogP contribution in [0.15, 0.2) is 12.7 Å². The van der Waals surface area contributed by atoms with Crippen molar-refractivity contribution in [3.05, 3.63) is 12.7 Å². The average molecular weight is 377 g/mol. The molecule has 1 aliphatic heterocycles. The molecule has 27 heavy (non-hydrogen) atoms. The maximum atomic E-state index is 9.54. The van der Waals surface area contributed by atoms with Crippen molar-refractivity contribution in [2.45, 2.75) is 37.5 Å². The standard InChI is InChI=1S/C18H27N5O4/c1-26-7-12-3-14(27-2)6-22(12)16-15-17(20-10-19-16)23(11-21-15)13-4-18(5-13,8-24)9-25/h10-14,24-25H,3-9H2,1-2H3/t12-,14+/m0/s1. The number of ether oxygens (including phenoxy) is 2. The summed E-state index contributed by atoms with van der Waals surface area (Å²) in [5, 5.41) is 19.1. The molecule has 1 saturated heterocycles. The number of hydrogen-bond donors (Lipinski definition) is 2. The Kier molecular flexibility index (Phi) is 5.02. The van der Waals surface area contributed by atoms with Crippen molar-refractivity contribution in [1.82, 2.24) is 19.5 Å². The first-order valence-electron chi connectivity index (χ1n) is 9.32. The molecule has 0 aromatic carbocycles. The minimum Gasteiger partial charge on any atom is -0.396 e. The third-order valence-corrected chi connectivity index (χ3v) is 6.08. The Hall–Kier alpha value is -1.81. The third kappa shape index (κ3) is 3.08. The fourth-order valence-corrected chi connectivity index (χ4v) is 4.42. The van der Waals surface area contributed by atoms with Gasteiger partial charge in [0.05, 0.1) is 38.3 Å². The lowest BCUT2D eigenvalue weighted by Crippen LogP contribution is -2.44. The van der Waals surface area contributed by atoms with Gasteiger partial charge in [-0.3, -0.25) is 0 Å². The van der Waals surface area contributed by atoms with E-state index in [1.54, 1.807) is 26.9 Å². The molecule has 2 N–H and O–H groups in total. The highest BCUT2D eigenvalue weighted by atomic mass is 16.5. The van der Waals surface area contributed by atoms with Gasteiger partial charge in [-0.1, -0.05) is 0 Å². The summed E-state index contributed by atoms with van der Waals surface area (Å²) in [4.78, 5) is 15.8. The molecular weight excluding hydrogens is 350 g/mol. The van der Waals surface area contributed by atoms with Crippen molar-refractivity contribution in [3.8, 4) is 0 Å². The summed E-state index contributed by atoms with van der Waals surface area (Å²) in [5.74, 6) is 0.801. The molecule has 0 spiro atoms. The van der Waals surface area contributed by atoms with E-state index >= 15 is 0 Å². The van der Waals surface area contributed by atoms with Crippen LogP contribution >= 0.6 is 0 Å². The number of rotatable bonds is 7. The first-order valence-corrected chi connectivity index (χ1v) is 9.32. The normalized spacial score (nSPS) is 25.3. The summed E-state index contributed by atoms with van der Waals surface area (Å²) in [7, 11) is 3.43. The molecule has 2 fully saturated rings. The highest BCUT2D eigenvalue weighted by Gasteiger charge is 2.45. The Labute approximate surface area is 157 Å². The molecule has 148 valence electrons. The Bertz CT molecular complexity index is 785. The predicted octanol–water partition coefficient (Wildman–Crippen LogP) is 0.372. The minimum atomic E-state index is -0.388. The lowest BCUT2D eigenvalue weighted by molar-refractivity contribution is -0.0421. The monoisotopic (exact) mass is 377 g/mol. The van der Waals surface area contributed by atoms with Gasteiger partial charge in [-0.25, -0.2) is 15.0 Å². The molecular formula is C18H27N5O4. The molecule has 0 bridgehead atoms. The number of aromatic nitrogens is 4. The molecule has 9 nitrogen and oxygen atoms in total. The van der Waals surface area contributed by atoms with Crippen LogP contribution in [0.3, 0.4) is 0 Å². The number of imidazole rings is 1. The van der Waals surface area contributed by atoms with Crippen LogP contribution in [-0.2, 0) is 9.47 Å². The second kappa shape index (κ2) is 7.31. The van der Waals surface area contributed by atoms with Gasteiger partial charge < -0.3 is 29.2 Å². The summed E-state index contributed by atoms with van der Waals surface area (Å²) in [6.07, 6.45) is 5.82. The summed E-state index contributed by atoms with van der Waals surface area (Å²) in [6.45, 7) is 1.34. The Morgan fingerprint density at radius 3 is 2.63 bits per heavy atom. The Morgan fingerprint density at radius 1 is 1.19 bits per heavy atom. The summed E-state index contributed by atoms with van der Waals surface area (Å²) in [6, 6.07) is 0.362. The SMILES string of the molecule is COC[C@@H]1C[C@@H](OC)CN1c1ncnc2c1ncn2C1CC(CO)(CO)C1. The molecule has 2 aromatic heterocycles. The summed E-state index contributed by atoms with van der Waals surface area (Å²) < 4.78 is 13.0. The lowest BCUT2D eigenvalue weighted by Gasteiger charge is -2.45. The quantitative estimate of drug-likeness (QED) is 0.713. The van der Waals surface area contributed by atoms with E-state index in [4.69, 9.17) is 9.47 Å². The summed E-state index contributed by atoms with van der Waals surface area (Å²) in [5.41, 5.74) is 1.16. The van der Waals surface area contributed by atoms with Gasteiger partial charge in [-0.15, -0.1) is 0 Å². The fourth-order valence-electron chi connectivity index (χ4n) is 4.42. The van der Waals surface area contributed by atoms with Gasteiger partial charge in [-0.05, 0) is 19.3 Å². The van der Waals surface area contributed by atoms with Crippen LogP contribution in [0.25, 0.3) is 11.2 Å². The van der Waals surface area contributed by atoms with Crippen LogP contribution in [0, 0.1) is 5.41 Å². The maximum Gasteiger partial charge on any atom is 0.165 e. The fraction of sp³-hybridized carbons (Fsp3) is 0.722. The van der Waals surface area contributed by atoms with E-state index < -0.39 is 0 Å². The molecule has 3 heterocycles. The van der Waals surface area contributed by atoms with Gasteiger partial charge in [0.1, 0.15) is 6.33 Å². The number of methoxy groups -OCH3 is 2. The highest BCUT2D eigenvalue weighted by molar-refractivity contribution is 5.83. The van der Waals surface area contributed by atoms with Crippen molar-refractivity contribution in [2.75, 3.05) is 45.5 Å². The third-order valence-electron chi connectivity index (χ3n) is 6.08. The second-order valence-electron chi connectivity index (χ2n) is 7.75. The predicted molar refractivity (Wildman–Crippen MR) is 98.6 cm³/mol. The number of anilines is 1. The first-order chi connectivity index (χ1) is 13.1. The Morgan fingerprint density at radius 2 is 1.96 bits per heavy atom. The molecule has 2 aromatic rings. The number of aliphatic hydroxyl groups excluding tert-OH is 2. The molecule has 9 heteroatoms. The zero-order valence-corrected chi connectivity index (χ0v) is 15.8. The molecule has 1 aliphatic carbocycles. The van der Waals surface area contributed by atoms with Crippen LogP contribution in [0.4, 0.5) is 5.82 Å². The van der Waals surface area contributed by atoms with E-state index in [0.717, 1.165) is 29.9 Å². The van der Waals surface area contributed by atoms with Crippen LogP contribution in [0.5, 0.6) is 0 Å². The van der Waals surface area contributed by atoms with E-state index in [0.29, 0.717) is 19.4 Å². The number of aliphatic hydroxyl groups is 2. The molecule has 1 saturated carbocycles. The van der Waals surface area contributed by atoms with Gasteiger partial charge in [0, 0.05) is 32.2 Å². The minimum absolute atomic E-state index is 0.00224. The van der Waals surface area contributed by atoms with E-state index in [9.17, 15) is 10.2 Å². The van der Waals surface area contributed by atoms with Crippen LogP contribution in [0.2, 0.25) is 0 Å². The maximum absolute atomic E-state index is 9.54. The summed E-state index contributed by atoms with van der Waals surface area (Å²) >= 11 is 0. The second-order valence-corrected chi connectivity index (χ2v) is 7.75. The molecule has 4 rings (SSSR count). The van der Waals surface area contributed by atoms with Crippen LogP contribution in [0.1, 0.15) is 25.3 Å². The lowest BCUT2D eigenvalue weighted by atomic mass is 9.66. The molecule has 0 amide bonds. The van der Waals surface area contributed by atoms with Crippen molar-refractivity contribution in [3.63, 3.8) is 0 Å². The molecule has 0 unspecified atom stereocenters. The van der Waals surface area contributed by atoms with E-state index in [2.05, 4.69) is 19.9 Å². The first kappa shape index (κ1) is 18.5. The van der Waals surface area contributed by atoms with Crippen LogP contribution < -0.4 is 4.90 Å². The van der Waals surface area contributed by atoms with Gasteiger partial charge in [0.25, 0.3) is 0 Å². The number of fused-ring (bicyclic) bond motifs is 1. The van der Waals surface area contributed by atoms with Crippen molar-refractivity contribution >= 4 is 17.0 Å².